The Kier molecular flexibility index (Phi) is 8.20. The van der Waals surface area contributed by atoms with Gasteiger partial charge in [-0.2, -0.15) is 13.5 Å². The molecule has 2 heterocycles. The van der Waals surface area contributed by atoms with Gasteiger partial charge in [0.1, 0.15) is 17.6 Å². The number of carbonyl (C=O) groups is 1. The lowest BCUT2D eigenvalue weighted by Gasteiger charge is -2.21. The minimum atomic E-state index is -4.25. The number of benzene rings is 2. The molecule has 0 aliphatic heterocycles. The summed E-state index contributed by atoms with van der Waals surface area (Å²) >= 11 is 0. The summed E-state index contributed by atoms with van der Waals surface area (Å²) in [5.41, 5.74) is 7.83. The summed E-state index contributed by atoms with van der Waals surface area (Å²) in [5, 5.41) is 10.7. The molecule has 0 bridgehead atoms. The van der Waals surface area contributed by atoms with Gasteiger partial charge in [-0.05, 0) is 29.8 Å². The molecule has 12 nitrogen and oxygen atoms in total. The highest BCUT2D eigenvalue weighted by atomic mass is 35.5. The molecule has 1 amide bonds. The van der Waals surface area contributed by atoms with E-state index in [-0.39, 0.29) is 34.6 Å². The summed E-state index contributed by atoms with van der Waals surface area (Å²) in [6, 6.07) is 11.6. The van der Waals surface area contributed by atoms with Crippen molar-refractivity contribution < 1.29 is 27.3 Å². The first-order valence-electron chi connectivity index (χ1n) is 10.4. The minimum absolute atomic E-state index is 0. The van der Waals surface area contributed by atoms with Crippen LogP contribution in [-0.2, 0) is 26.2 Å². The van der Waals surface area contributed by atoms with Crippen LogP contribution in [0.1, 0.15) is 24.2 Å². The van der Waals surface area contributed by atoms with Crippen LogP contribution < -0.4 is 20.3 Å². The molecule has 36 heavy (non-hydrogen) atoms. The van der Waals surface area contributed by atoms with E-state index in [1.54, 1.807) is 59.5 Å². The zero-order valence-corrected chi connectivity index (χ0v) is 21.2. The number of halogens is 1. The molecular formula is C22H25ClN6O6S. The number of aromatic nitrogens is 3. The van der Waals surface area contributed by atoms with E-state index < -0.39 is 16.2 Å². The van der Waals surface area contributed by atoms with Gasteiger partial charge >= 0.3 is 10.0 Å². The minimum Gasteiger partial charge on any atom is -0.494 e. The molecule has 1 unspecified atom stereocenters. The number of methoxy groups -OCH3 is 1. The Morgan fingerprint density at radius 3 is 2.69 bits per heavy atom. The van der Waals surface area contributed by atoms with Crippen LogP contribution in [0.15, 0.2) is 64.4 Å². The Morgan fingerprint density at radius 2 is 2.00 bits per heavy atom. The van der Waals surface area contributed by atoms with E-state index in [4.69, 9.17) is 19.8 Å². The summed E-state index contributed by atoms with van der Waals surface area (Å²) in [7, 11) is -1.58. The van der Waals surface area contributed by atoms with Crippen LogP contribution in [-0.4, -0.2) is 43.5 Å². The normalized spacial score (nSPS) is 12.1. The van der Waals surface area contributed by atoms with E-state index in [0.29, 0.717) is 23.2 Å². The van der Waals surface area contributed by atoms with Crippen LogP contribution in [0.2, 0.25) is 0 Å². The number of sulfonamides is 1. The average Bonchev–Trinajstić information content (AvgIpc) is 3.46. The fourth-order valence-electron chi connectivity index (χ4n) is 3.54. The molecule has 2 aromatic heterocycles. The number of amides is 1. The molecule has 0 saturated heterocycles. The number of hydrogen-bond acceptors (Lipinski definition) is 9. The Bertz CT molecular complexity index is 1470. The molecule has 0 fully saturated rings. The Hall–Kier alpha value is -3.65. The number of nitrogens with two attached hydrogens (primary N) is 1. The topological polar surface area (TPSA) is 155 Å². The number of carbonyl (C=O) groups excluding carboxylic acids is 1. The van der Waals surface area contributed by atoms with Gasteiger partial charge in [-0.3, -0.25) is 14.3 Å². The van der Waals surface area contributed by atoms with Crippen molar-refractivity contribution in [3.8, 4) is 5.75 Å². The summed E-state index contributed by atoms with van der Waals surface area (Å²) < 4.78 is 39.8. The first-order chi connectivity index (χ1) is 16.7. The van der Waals surface area contributed by atoms with Gasteiger partial charge in [-0.1, -0.05) is 23.4 Å². The third kappa shape index (κ3) is 5.28. The maximum Gasteiger partial charge on any atom is 0.308 e. The number of ether oxygens (including phenoxy) is 1. The van der Waals surface area contributed by atoms with Crippen molar-refractivity contribution in [3.05, 3.63) is 66.0 Å². The molecule has 3 N–H and O–H groups in total. The largest absolute Gasteiger partial charge is 0.494 e. The zero-order chi connectivity index (χ0) is 25.2. The highest BCUT2D eigenvalue weighted by Gasteiger charge is 2.33. The SMILES string of the molecule is COc1ccccc1N(OC)S(=O)(=O)c1noc2cc(Cn3cc(C(N)NC(C)=O)cn3)ccc12.Cl. The van der Waals surface area contributed by atoms with Crippen molar-refractivity contribution in [2.45, 2.75) is 24.7 Å². The van der Waals surface area contributed by atoms with Gasteiger partial charge in [0.05, 0.1) is 32.3 Å². The number of anilines is 1. The molecular weight excluding hydrogens is 512 g/mol. The van der Waals surface area contributed by atoms with E-state index in [9.17, 15) is 13.2 Å². The molecule has 1 atom stereocenters. The fourth-order valence-corrected chi connectivity index (χ4v) is 4.89. The van der Waals surface area contributed by atoms with Crippen LogP contribution in [0.25, 0.3) is 11.0 Å². The Balaban J connectivity index is 0.00000361. The zero-order valence-electron chi connectivity index (χ0n) is 19.6. The van der Waals surface area contributed by atoms with Crippen molar-refractivity contribution in [2.24, 2.45) is 5.73 Å². The van der Waals surface area contributed by atoms with Crippen molar-refractivity contribution in [3.63, 3.8) is 0 Å². The predicted octanol–water partition coefficient (Wildman–Crippen LogP) is 2.35. The highest BCUT2D eigenvalue weighted by molar-refractivity contribution is 7.92. The summed E-state index contributed by atoms with van der Waals surface area (Å²) in [5.74, 6) is 0.0642. The average molecular weight is 537 g/mol. The van der Waals surface area contributed by atoms with Crippen molar-refractivity contribution in [2.75, 3.05) is 18.7 Å². The molecule has 4 rings (SSSR count). The van der Waals surface area contributed by atoms with Gasteiger partial charge in [0.25, 0.3) is 0 Å². The molecule has 0 aliphatic rings. The van der Waals surface area contributed by atoms with E-state index in [1.807, 2.05) is 0 Å². The highest BCUT2D eigenvalue weighted by Crippen LogP contribution is 2.34. The Morgan fingerprint density at radius 1 is 1.25 bits per heavy atom. The number of hydrogen-bond donors (Lipinski definition) is 2. The molecule has 0 saturated carbocycles. The van der Waals surface area contributed by atoms with Crippen LogP contribution in [0, 0.1) is 0 Å². The molecule has 0 radical (unpaired) electrons. The lowest BCUT2D eigenvalue weighted by Crippen LogP contribution is -2.31. The molecule has 192 valence electrons. The predicted molar refractivity (Wildman–Crippen MR) is 133 cm³/mol. The number of para-hydroxylation sites is 2. The molecule has 14 heteroatoms. The van der Waals surface area contributed by atoms with Crippen LogP contribution in [0.5, 0.6) is 5.75 Å². The van der Waals surface area contributed by atoms with E-state index >= 15 is 0 Å². The molecule has 4 aromatic rings. The summed E-state index contributed by atoms with van der Waals surface area (Å²) in [6.07, 6.45) is 2.61. The quantitative estimate of drug-likeness (QED) is 0.242. The third-order valence-corrected chi connectivity index (χ3v) is 6.69. The Labute approximate surface area is 213 Å². The number of nitrogens with zero attached hydrogens (tertiary/aromatic N) is 4. The van der Waals surface area contributed by atoms with E-state index in [0.717, 1.165) is 10.0 Å². The van der Waals surface area contributed by atoms with Crippen LogP contribution in [0.3, 0.4) is 0 Å². The van der Waals surface area contributed by atoms with Crippen molar-refractivity contribution in [1.82, 2.24) is 20.3 Å². The second-order valence-corrected chi connectivity index (χ2v) is 9.22. The van der Waals surface area contributed by atoms with Crippen LogP contribution >= 0.6 is 12.4 Å². The van der Waals surface area contributed by atoms with Crippen LogP contribution in [0.4, 0.5) is 5.69 Å². The first-order valence-corrected chi connectivity index (χ1v) is 11.8. The molecule has 0 aliphatic carbocycles. The summed E-state index contributed by atoms with van der Waals surface area (Å²) in [4.78, 5) is 16.4. The van der Waals surface area contributed by atoms with E-state index in [1.165, 1.54) is 21.1 Å². The standard InChI is InChI=1S/C22H24N6O6S.ClH/c1-14(29)25-21(23)16-11-24-27(13-16)12-15-8-9-17-20(10-15)34-26-22(17)35(30,31)28(33-3)18-6-4-5-7-19(18)32-2;/h4-11,13,21H,12,23H2,1-3H3,(H,25,29);1H. The second-order valence-electron chi connectivity index (χ2n) is 7.55. The number of nitrogens with one attached hydrogen (secondary N) is 1. The van der Waals surface area contributed by atoms with Gasteiger partial charge in [0.2, 0.25) is 10.9 Å². The first kappa shape index (κ1) is 26.9. The number of rotatable bonds is 9. The van der Waals surface area contributed by atoms with Gasteiger partial charge < -0.3 is 20.3 Å². The lowest BCUT2D eigenvalue weighted by atomic mass is 10.2. The summed E-state index contributed by atoms with van der Waals surface area (Å²) in [6.45, 7) is 1.74. The monoisotopic (exact) mass is 536 g/mol. The third-order valence-electron chi connectivity index (χ3n) is 5.13. The van der Waals surface area contributed by atoms with Gasteiger partial charge in [-0.15, -0.1) is 16.9 Å². The van der Waals surface area contributed by atoms with Crippen molar-refractivity contribution >= 4 is 45.0 Å². The fraction of sp³-hybridized carbons (Fsp3) is 0.227. The lowest BCUT2D eigenvalue weighted by molar-refractivity contribution is -0.119. The second kappa shape index (κ2) is 11.0. The van der Waals surface area contributed by atoms with Crippen molar-refractivity contribution in [1.29, 1.82) is 0 Å². The maximum absolute atomic E-state index is 13.4. The maximum atomic E-state index is 13.4. The molecule has 0 spiro atoms. The number of fused-ring (bicyclic) bond motifs is 1. The molecule has 2 aromatic carbocycles. The van der Waals surface area contributed by atoms with Gasteiger partial charge in [-0.25, -0.2) is 0 Å². The van der Waals surface area contributed by atoms with Gasteiger partial charge in [0, 0.05) is 18.7 Å². The smallest absolute Gasteiger partial charge is 0.308 e. The van der Waals surface area contributed by atoms with Gasteiger partial charge in [0.15, 0.2) is 5.58 Å². The van der Waals surface area contributed by atoms with E-state index in [2.05, 4.69) is 15.6 Å².